The van der Waals surface area contributed by atoms with Crippen molar-refractivity contribution in [1.82, 2.24) is 9.71 Å². The number of benzene rings is 2. The Kier molecular flexibility index (Phi) is 5.93. The lowest BCUT2D eigenvalue weighted by atomic mass is 10.2. The van der Waals surface area contributed by atoms with Gasteiger partial charge in [0.05, 0.1) is 17.7 Å². The van der Waals surface area contributed by atoms with Gasteiger partial charge in [-0.2, -0.15) is 0 Å². The number of methoxy groups -OCH3 is 1. The number of halogens is 2. The SMILES string of the molecule is COc1ccc(-c2nc(CCNS(=O)(=O)c3ccc(F)cc3Br)co2)cc1. The zero-order valence-electron chi connectivity index (χ0n) is 14.3. The van der Waals surface area contributed by atoms with Crippen LogP contribution in [0.25, 0.3) is 11.5 Å². The summed E-state index contributed by atoms with van der Waals surface area (Å²) >= 11 is 3.06. The number of rotatable bonds is 7. The number of nitrogens with one attached hydrogen (secondary N) is 1. The Morgan fingerprint density at radius 3 is 2.63 bits per heavy atom. The van der Waals surface area contributed by atoms with E-state index < -0.39 is 15.8 Å². The predicted octanol–water partition coefficient (Wildman–Crippen LogP) is 3.77. The highest BCUT2D eigenvalue weighted by Gasteiger charge is 2.18. The van der Waals surface area contributed by atoms with Crippen LogP contribution in [0.4, 0.5) is 4.39 Å². The maximum atomic E-state index is 13.1. The molecule has 0 aliphatic rings. The Hall–Kier alpha value is -2.23. The van der Waals surface area contributed by atoms with Gasteiger partial charge in [0.15, 0.2) is 0 Å². The van der Waals surface area contributed by atoms with Crippen molar-refractivity contribution in [2.45, 2.75) is 11.3 Å². The second-order valence-electron chi connectivity index (χ2n) is 5.60. The number of nitrogens with zero attached hydrogens (tertiary/aromatic N) is 1. The average Bonchev–Trinajstić information content (AvgIpc) is 3.10. The van der Waals surface area contributed by atoms with Gasteiger partial charge in [-0.25, -0.2) is 22.5 Å². The molecule has 1 N–H and O–H groups in total. The first-order valence-corrected chi connectivity index (χ1v) is 10.2. The van der Waals surface area contributed by atoms with Gasteiger partial charge in [-0.1, -0.05) is 0 Å². The summed E-state index contributed by atoms with van der Waals surface area (Å²) in [5.41, 5.74) is 1.40. The van der Waals surface area contributed by atoms with Crippen LogP contribution < -0.4 is 9.46 Å². The van der Waals surface area contributed by atoms with E-state index in [0.29, 0.717) is 18.0 Å². The highest BCUT2D eigenvalue weighted by Crippen LogP contribution is 2.23. The molecule has 3 aromatic rings. The van der Waals surface area contributed by atoms with Gasteiger partial charge < -0.3 is 9.15 Å². The van der Waals surface area contributed by atoms with E-state index in [2.05, 4.69) is 25.6 Å². The van der Waals surface area contributed by atoms with Gasteiger partial charge in [0.2, 0.25) is 15.9 Å². The molecule has 0 spiro atoms. The third-order valence-corrected chi connectivity index (χ3v) is 6.18. The molecule has 0 amide bonds. The lowest BCUT2D eigenvalue weighted by molar-refractivity contribution is 0.415. The summed E-state index contributed by atoms with van der Waals surface area (Å²) in [4.78, 5) is 4.33. The first-order valence-electron chi connectivity index (χ1n) is 7.92. The molecule has 6 nitrogen and oxygen atoms in total. The van der Waals surface area contributed by atoms with Gasteiger partial charge in [-0.3, -0.25) is 0 Å². The molecule has 142 valence electrons. The maximum absolute atomic E-state index is 13.1. The number of hydrogen-bond donors (Lipinski definition) is 1. The fourth-order valence-electron chi connectivity index (χ4n) is 2.37. The monoisotopic (exact) mass is 454 g/mol. The van der Waals surface area contributed by atoms with Crippen molar-refractivity contribution in [2.24, 2.45) is 0 Å². The summed E-state index contributed by atoms with van der Waals surface area (Å²) in [5, 5.41) is 0. The zero-order valence-corrected chi connectivity index (χ0v) is 16.7. The second-order valence-corrected chi connectivity index (χ2v) is 8.18. The molecule has 0 fully saturated rings. The largest absolute Gasteiger partial charge is 0.497 e. The number of sulfonamides is 1. The Morgan fingerprint density at radius 2 is 1.96 bits per heavy atom. The van der Waals surface area contributed by atoms with Crippen LogP contribution in [-0.4, -0.2) is 27.1 Å². The fourth-order valence-corrected chi connectivity index (χ4v) is 4.45. The fraction of sp³-hybridized carbons (Fsp3) is 0.167. The molecule has 1 heterocycles. The van der Waals surface area contributed by atoms with Gasteiger partial charge in [-0.15, -0.1) is 0 Å². The van der Waals surface area contributed by atoms with Gasteiger partial charge in [-0.05, 0) is 58.4 Å². The first-order chi connectivity index (χ1) is 12.9. The average molecular weight is 455 g/mol. The van der Waals surface area contributed by atoms with Crippen LogP contribution in [0.1, 0.15) is 5.69 Å². The van der Waals surface area contributed by atoms with E-state index in [1.165, 1.54) is 12.3 Å². The second kappa shape index (κ2) is 8.20. The minimum Gasteiger partial charge on any atom is -0.497 e. The lowest BCUT2D eigenvalue weighted by Crippen LogP contribution is -2.26. The molecule has 2 aromatic carbocycles. The molecule has 0 saturated heterocycles. The molecule has 0 unspecified atom stereocenters. The molecule has 0 bridgehead atoms. The Labute approximate surface area is 164 Å². The molecule has 0 radical (unpaired) electrons. The molecular weight excluding hydrogens is 439 g/mol. The molecule has 0 aliphatic carbocycles. The summed E-state index contributed by atoms with van der Waals surface area (Å²) in [6.07, 6.45) is 1.83. The first kappa shape index (κ1) is 19.5. The summed E-state index contributed by atoms with van der Waals surface area (Å²) < 4.78 is 51.0. The van der Waals surface area contributed by atoms with Crippen molar-refractivity contribution in [3.63, 3.8) is 0 Å². The lowest BCUT2D eigenvalue weighted by Gasteiger charge is -2.07. The van der Waals surface area contributed by atoms with E-state index >= 15 is 0 Å². The van der Waals surface area contributed by atoms with Gasteiger partial charge in [0, 0.05) is 23.0 Å². The van der Waals surface area contributed by atoms with Crippen molar-refractivity contribution in [1.29, 1.82) is 0 Å². The minimum atomic E-state index is -3.77. The van der Waals surface area contributed by atoms with E-state index in [1.54, 1.807) is 19.2 Å². The molecule has 3 rings (SSSR count). The smallest absolute Gasteiger partial charge is 0.241 e. The third kappa shape index (κ3) is 4.74. The highest BCUT2D eigenvalue weighted by molar-refractivity contribution is 9.10. The van der Waals surface area contributed by atoms with Crippen LogP contribution in [-0.2, 0) is 16.4 Å². The van der Waals surface area contributed by atoms with Gasteiger partial charge in [0.1, 0.15) is 17.8 Å². The van der Waals surface area contributed by atoms with Crippen LogP contribution in [0.15, 0.2) is 62.5 Å². The van der Waals surface area contributed by atoms with E-state index in [4.69, 9.17) is 9.15 Å². The molecular formula is C18H16BrFN2O4S. The van der Waals surface area contributed by atoms with E-state index in [-0.39, 0.29) is 15.9 Å². The van der Waals surface area contributed by atoms with Crippen LogP contribution in [0, 0.1) is 5.82 Å². The summed E-state index contributed by atoms with van der Waals surface area (Å²) in [6.45, 7) is 0.126. The molecule has 0 saturated carbocycles. The van der Waals surface area contributed by atoms with Crippen molar-refractivity contribution in [3.05, 3.63) is 64.7 Å². The standard InChI is InChI=1S/C18H16BrFN2O4S/c1-25-15-5-2-12(3-6-15)18-22-14(11-26-18)8-9-21-27(23,24)17-7-4-13(20)10-16(17)19/h2-7,10-11,21H,8-9H2,1H3. The number of oxazole rings is 1. The minimum absolute atomic E-state index is 0.0250. The topological polar surface area (TPSA) is 81.4 Å². The van der Waals surface area contributed by atoms with E-state index in [0.717, 1.165) is 23.4 Å². The molecule has 0 aliphatic heterocycles. The number of ether oxygens (including phenoxy) is 1. The zero-order chi connectivity index (χ0) is 19.4. The Balaban J connectivity index is 1.63. The van der Waals surface area contributed by atoms with E-state index in [9.17, 15) is 12.8 Å². The molecule has 9 heteroatoms. The van der Waals surface area contributed by atoms with E-state index in [1.807, 2.05) is 12.1 Å². The van der Waals surface area contributed by atoms with Crippen molar-refractivity contribution >= 4 is 26.0 Å². The summed E-state index contributed by atoms with van der Waals surface area (Å²) in [7, 11) is -2.18. The van der Waals surface area contributed by atoms with Crippen molar-refractivity contribution < 1.29 is 22.0 Å². The van der Waals surface area contributed by atoms with Crippen LogP contribution in [0.2, 0.25) is 0 Å². The van der Waals surface area contributed by atoms with Crippen LogP contribution >= 0.6 is 15.9 Å². The Bertz CT molecular complexity index is 1040. The molecule has 1 aromatic heterocycles. The summed E-state index contributed by atoms with van der Waals surface area (Å²) in [6, 6.07) is 10.7. The molecule has 27 heavy (non-hydrogen) atoms. The maximum Gasteiger partial charge on any atom is 0.241 e. The highest BCUT2D eigenvalue weighted by atomic mass is 79.9. The molecule has 0 atom stereocenters. The normalized spacial score (nSPS) is 11.5. The number of aromatic nitrogens is 1. The Morgan fingerprint density at radius 1 is 1.22 bits per heavy atom. The van der Waals surface area contributed by atoms with Crippen LogP contribution in [0.3, 0.4) is 0 Å². The number of hydrogen-bond acceptors (Lipinski definition) is 5. The van der Waals surface area contributed by atoms with Gasteiger partial charge >= 0.3 is 0 Å². The van der Waals surface area contributed by atoms with Crippen molar-refractivity contribution in [2.75, 3.05) is 13.7 Å². The predicted molar refractivity (Wildman–Crippen MR) is 101 cm³/mol. The summed E-state index contributed by atoms with van der Waals surface area (Å²) in [5.74, 6) is 0.651. The quantitative estimate of drug-likeness (QED) is 0.587. The van der Waals surface area contributed by atoms with Crippen LogP contribution in [0.5, 0.6) is 5.75 Å². The third-order valence-electron chi connectivity index (χ3n) is 3.75. The van der Waals surface area contributed by atoms with Crippen molar-refractivity contribution in [3.8, 4) is 17.2 Å². The van der Waals surface area contributed by atoms with Gasteiger partial charge in [0.25, 0.3) is 0 Å².